The van der Waals surface area contributed by atoms with E-state index in [4.69, 9.17) is 0 Å². The second-order valence-corrected chi connectivity index (χ2v) is 8.66. The van der Waals surface area contributed by atoms with Crippen molar-refractivity contribution in [3.8, 4) is 0 Å². The predicted molar refractivity (Wildman–Crippen MR) is 121 cm³/mol. The van der Waals surface area contributed by atoms with Gasteiger partial charge in [-0.1, -0.05) is 32.9 Å². The molecular weight excluding hydrogens is 414 g/mol. The maximum atomic E-state index is 13.3. The molecule has 32 heavy (non-hydrogen) atoms. The van der Waals surface area contributed by atoms with E-state index in [0.29, 0.717) is 19.4 Å². The molecule has 4 N–H and O–H groups in total. The van der Waals surface area contributed by atoms with Crippen molar-refractivity contribution >= 4 is 29.5 Å². The van der Waals surface area contributed by atoms with Gasteiger partial charge in [0.25, 0.3) is 5.91 Å². The number of Topliss-reactive ketones (excluding diaryl/α,β-unsaturated/α-hetero) is 1. The molecule has 1 saturated heterocycles. The molecule has 3 atom stereocenters. The molecule has 0 aliphatic carbocycles. The van der Waals surface area contributed by atoms with Crippen LogP contribution in [0.1, 0.15) is 40.0 Å². The molecule has 1 fully saturated rings. The molecule has 5 amide bonds. The third-order valence-corrected chi connectivity index (χ3v) is 5.12. The molecule has 0 spiro atoms. The van der Waals surface area contributed by atoms with E-state index in [0.717, 1.165) is 0 Å². The molecule has 0 radical (unpaired) electrons. The Labute approximate surface area is 189 Å². The Morgan fingerprint density at radius 2 is 1.75 bits per heavy atom. The Balaban J connectivity index is 3.00. The molecule has 0 aromatic rings. The number of hydrogen-bond acceptors (Lipinski definition) is 5. The summed E-state index contributed by atoms with van der Waals surface area (Å²) in [5.74, 6) is -2.54. The van der Waals surface area contributed by atoms with Gasteiger partial charge in [-0.3, -0.25) is 19.2 Å². The highest BCUT2D eigenvalue weighted by molar-refractivity contribution is 6.38. The van der Waals surface area contributed by atoms with Gasteiger partial charge in [0.05, 0.1) is 0 Å². The number of nitrogens with one attached hydrogen (secondary N) is 4. The summed E-state index contributed by atoms with van der Waals surface area (Å²) in [4.78, 5) is 64.0. The van der Waals surface area contributed by atoms with Crippen molar-refractivity contribution in [2.24, 2.45) is 5.41 Å². The summed E-state index contributed by atoms with van der Waals surface area (Å²) in [5.41, 5.74) is -0.599. The normalized spacial score (nSPS) is 17.5. The molecule has 0 saturated carbocycles. The smallest absolute Gasteiger partial charge is 0.315 e. The molecule has 1 heterocycles. The Hall–Kier alpha value is -3.17. The summed E-state index contributed by atoms with van der Waals surface area (Å²) in [6, 6.07) is -3.26. The quantitative estimate of drug-likeness (QED) is 0.280. The summed E-state index contributed by atoms with van der Waals surface area (Å²) >= 11 is 0. The standard InChI is InChI=1S/C22H35N5O5/c1-7-10-14(16(28)19(30)24-12-8-2)25-18(29)15-11-9-13-27(15)20(31)17(22(3,4)5)26-21(32)23-6/h7-8,14-15,17H,1-2,9-13H2,3-6H3,(H,24,30)(H,25,29)(H2,23,26,32). The van der Waals surface area contributed by atoms with E-state index in [2.05, 4.69) is 34.4 Å². The van der Waals surface area contributed by atoms with Crippen molar-refractivity contribution in [2.75, 3.05) is 20.1 Å². The first-order valence-corrected chi connectivity index (χ1v) is 10.6. The van der Waals surface area contributed by atoms with Crippen LogP contribution in [-0.2, 0) is 19.2 Å². The van der Waals surface area contributed by atoms with Crippen molar-refractivity contribution in [2.45, 2.75) is 58.2 Å². The van der Waals surface area contributed by atoms with E-state index in [-0.39, 0.29) is 18.9 Å². The monoisotopic (exact) mass is 449 g/mol. The van der Waals surface area contributed by atoms with E-state index < -0.39 is 47.2 Å². The number of hydrogen-bond donors (Lipinski definition) is 4. The minimum atomic E-state index is -1.09. The molecule has 0 aromatic carbocycles. The van der Waals surface area contributed by atoms with Crippen LogP contribution in [0.15, 0.2) is 25.3 Å². The van der Waals surface area contributed by atoms with Crippen LogP contribution in [0.5, 0.6) is 0 Å². The van der Waals surface area contributed by atoms with Crippen LogP contribution in [0.3, 0.4) is 0 Å². The van der Waals surface area contributed by atoms with Crippen molar-refractivity contribution in [1.82, 2.24) is 26.2 Å². The SMILES string of the molecule is C=CCNC(=O)C(=O)C(CC=C)NC(=O)C1CCCN1C(=O)C(NC(=O)NC)C(C)(C)C. The van der Waals surface area contributed by atoms with Crippen LogP contribution in [0.2, 0.25) is 0 Å². The fraction of sp³-hybridized carbons (Fsp3) is 0.591. The van der Waals surface area contributed by atoms with Gasteiger partial charge in [-0.2, -0.15) is 0 Å². The first-order valence-electron chi connectivity index (χ1n) is 10.6. The topological polar surface area (TPSA) is 137 Å². The van der Waals surface area contributed by atoms with Crippen LogP contribution in [-0.4, -0.2) is 72.7 Å². The molecule has 10 nitrogen and oxygen atoms in total. The number of ketones is 1. The Kier molecular flexibility index (Phi) is 10.1. The number of carbonyl (C=O) groups excluding carboxylic acids is 5. The third kappa shape index (κ3) is 7.21. The van der Waals surface area contributed by atoms with E-state index in [9.17, 15) is 24.0 Å². The number of rotatable bonds is 10. The number of amides is 5. The Morgan fingerprint density at radius 3 is 2.28 bits per heavy atom. The number of nitrogens with zero attached hydrogens (tertiary/aromatic N) is 1. The number of likely N-dealkylation sites (tertiary alicyclic amines) is 1. The van der Waals surface area contributed by atoms with Crippen molar-refractivity contribution in [3.05, 3.63) is 25.3 Å². The lowest BCUT2D eigenvalue weighted by Gasteiger charge is -2.35. The fourth-order valence-corrected chi connectivity index (χ4v) is 3.40. The second-order valence-electron chi connectivity index (χ2n) is 8.66. The summed E-state index contributed by atoms with van der Waals surface area (Å²) < 4.78 is 0. The molecule has 0 aromatic heterocycles. The molecule has 178 valence electrons. The van der Waals surface area contributed by atoms with Crippen LogP contribution < -0.4 is 21.3 Å². The maximum Gasteiger partial charge on any atom is 0.315 e. The molecule has 10 heteroatoms. The zero-order valence-electron chi connectivity index (χ0n) is 19.3. The molecule has 1 aliphatic heterocycles. The van der Waals surface area contributed by atoms with Gasteiger partial charge in [0.1, 0.15) is 18.1 Å². The van der Waals surface area contributed by atoms with Crippen LogP contribution in [0.4, 0.5) is 4.79 Å². The number of carbonyl (C=O) groups is 5. The molecular formula is C22H35N5O5. The van der Waals surface area contributed by atoms with Crippen LogP contribution in [0.25, 0.3) is 0 Å². The van der Waals surface area contributed by atoms with Crippen molar-refractivity contribution in [3.63, 3.8) is 0 Å². The van der Waals surface area contributed by atoms with E-state index >= 15 is 0 Å². The van der Waals surface area contributed by atoms with Crippen molar-refractivity contribution in [1.29, 1.82) is 0 Å². The molecule has 3 unspecified atom stereocenters. The number of urea groups is 1. The average molecular weight is 450 g/mol. The van der Waals surface area contributed by atoms with Crippen LogP contribution >= 0.6 is 0 Å². The van der Waals surface area contributed by atoms with Crippen molar-refractivity contribution < 1.29 is 24.0 Å². The Bertz CT molecular complexity index is 758. The van der Waals surface area contributed by atoms with Gasteiger partial charge in [-0.25, -0.2) is 4.79 Å². The fourth-order valence-electron chi connectivity index (χ4n) is 3.40. The first kappa shape index (κ1) is 26.9. The van der Waals surface area contributed by atoms with E-state index in [1.807, 2.05) is 20.8 Å². The highest BCUT2D eigenvalue weighted by Crippen LogP contribution is 2.26. The molecule has 1 aliphatic rings. The lowest BCUT2D eigenvalue weighted by atomic mass is 9.85. The minimum Gasteiger partial charge on any atom is -0.346 e. The summed E-state index contributed by atoms with van der Waals surface area (Å²) in [6.45, 7) is 13.0. The lowest BCUT2D eigenvalue weighted by molar-refractivity contribution is -0.143. The zero-order valence-corrected chi connectivity index (χ0v) is 19.3. The van der Waals surface area contributed by atoms with Gasteiger partial charge in [0, 0.05) is 20.1 Å². The summed E-state index contributed by atoms with van der Waals surface area (Å²) in [5, 5.41) is 10.1. The third-order valence-electron chi connectivity index (χ3n) is 5.12. The maximum absolute atomic E-state index is 13.3. The van der Waals surface area contributed by atoms with Gasteiger partial charge in [-0.05, 0) is 24.7 Å². The summed E-state index contributed by atoms with van der Waals surface area (Å²) in [6.07, 6.45) is 3.94. The second kappa shape index (κ2) is 12.0. The average Bonchev–Trinajstić information content (AvgIpc) is 3.23. The Morgan fingerprint density at radius 1 is 1.09 bits per heavy atom. The van der Waals surface area contributed by atoms with Crippen LogP contribution in [0, 0.1) is 5.41 Å². The predicted octanol–water partition coefficient (Wildman–Crippen LogP) is 0.253. The zero-order chi connectivity index (χ0) is 24.5. The highest BCUT2D eigenvalue weighted by Gasteiger charge is 2.42. The first-order chi connectivity index (χ1) is 15.0. The van der Waals surface area contributed by atoms with Gasteiger partial charge in [-0.15, -0.1) is 13.2 Å². The largest absolute Gasteiger partial charge is 0.346 e. The lowest BCUT2D eigenvalue weighted by Crippen LogP contribution is -2.59. The highest BCUT2D eigenvalue weighted by atomic mass is 16.2. The van der Waals surface area contributed by atoms with Gasteiger partial charge < -0.3 is 26.2 Å². The van der Waals surface area contributed by atoms with Gasteiger partial charge in [0.15, 0.2) is 0 Å². The minimum absolute atomic E-state index is 0.0651. The molecule has 1 rings (SSSR count). The molecule has 0 bridgehead atoms. The van der Waals surface area contributed by atoms with Gasteiger partial charge >= 0.3 is 6.03 Å². The van der Waals surface area contributed by atoms with E-state index in [1.54, 1.807) is 0 Å². The van der Waals surface area contributed by atoms with E-state index in [1.165, 1.54) is 24.1 Å². The summed E-state index contributed by atoms with van der Waals surface area (Å²) in [7, 11) is 1.45. The van der Waals surface area contributed by atoms with Gasteiger partial charge in [0.2, 0.25) is 17.6 Å².